The lowest BCUT2D eigenvalue weighted by Crippen LogP contribution is -2.40. The third kappa shape index (κ3) is 6.60. The largest absolute Gasteiger partial charge is 0.459 e. The van der Waals surface area contributed by atoms with Crippen LogP contribution in [-0.4, -0.2) is 30.7 Å². The lowest BCUT2D eigenvalue weighted by Gasteiger charge is -2.28. The highest BCUT2D eigenvalue weighted by Gasteiger charge is 2.35. The summed E-state index contributed by atoms with van der Waals surface area (Å²) in [5, 5.41) is -1.18. The number of esters is 1. The number of carbonyl (C=O) groups is 1. The zero-order valence-electron chi connectivity index (χ0n) is 18.2. The van der Waals surface area contributed by atoms with Crippen LogP contribution in [0.25, 0.3) is 6.08 Å². The number of carbonyl (C=O) groups excluding carboxylic acids is 1. The lowest BCUT2D eigenvalue weighted by molar-refractivity contribution is -0.143. The molecule has 0 amide bonds. The summed E-state index contributed by atoms with van der Waals surface area (Å²) in [5.41, 5.74) is 1.73. The first kappa shape index (κ1) is 24.4. The standard InChI is InChI=1S/C26H25NO4S2/c1-3-20-31-26(28)25(32-23-12-8-5-9-13-23)27(19-18-22-10-6-4-7-11-22)33(29,30)24-16-14-21(2)15-17-24/h3-19,25H,1,20H2,2H3/b19-18+. The van der Waals surface area contributed by atoms with Crippen molar-refractivity contribution < 1.29 is 17.9 Å². The number of benzene rings is 3. The number of thioether (sulfide) groups is 1. The van der Waals surface area contributed by atoms with Gasteiger partial charge in [0, 0.05) is 11.1 Å². The molecule has 0 heterocycles. The highest BCUT2D eigenvalue weighted by Crippen LogP contribution is 2.31. The molecule has 0 spiro atoms. The summed E-state index contributed by atoms with van der Waals surface area (Å²) in [5.74, 6) is -0.683. The van der Waals surface area contributed by atoms with E-state index in [1.54, 1.807) is 18.2 Å². The van der Waals surface area contributed by atoms with E-state index >= 15 is 0 Å². The molecule has 170 valence electrons. The van der Waals surface area contributed by atoms with E-state index in [-0.39, 0.29) is 11.5 Å². The van der Waals surface area contributed by atoms with Gasteiger partial charge in [-0.1, -0.05) is 90.6 Å². The number of sulfonamides is 1. The van der Waals surface area contributed by atoms with Crippen molar-refractivity contribution in [1.29, 1.82) is 0 Å². The Balaban J connectivity index is 2.09. The number of hydrogen-bond acceptors (Lipinski definition) is 5. The molecule has 3 aromatic rings. The predicted octanol–water partition coefficient (Wildman–Crippen LogP) is 5.50. The fourth-order valence-electron chi connectivity index (χ4n) is 2.88. The summed E-state index contributed by atoms with van der Waals surface area (Å²) in [6.45, 7) is 5.43. The molecule has 0 aliphatic rings. The maximum absolute atomic E-state index is 13.7. The van der Waals surface area contributed by atoms with E-state index in [1.807, 2.05) is 67.6 Å². The maximum atomic E-state index is 13.7. The molecule has 0 bridgehead atoms. The fourth-order valence-corrected chi connectivity index (χ4v) is 5.55. The van der Waals surface area contributed by atoms with Crippen LogP contribution in [0.1, 0.15) is 11.1 Å². The van der Waals surface area contributed by atoms with Crippen molar-refractivity contribution in [3.05, 3.63) is 115 Å². The molecule has 0 saturated heterocycles. The zero-order chi connectivity index (χ0) is 23.7. The summed E-state index contributed by atoms with van der Waals surface area (Å²) in [6, 6.07) is 24.9. The molecular weight excluding hydrogens is 454 g/mol. The van der Waals surface area contributed by atoms with E-state index in [2.05, 4.69) is 6.58 Å². The summed E-state index contributed by atoms with van der Waals surface area (Å²) < 4.78 is 33.8. The van der Waals surface area contributed by atoms with Crippen molar-refractivity contribution in [2.75, 3.05) is 6.61 Å². The average Bonchev–Trinajstić information content (AvgIpc) is 2.83. The van der Waals surface area contributed by atoms with Gasteiger partial charge in [-0.2, -0.15) is 0 Å². The molecular formula is C26H25NO4S2. The molecule has 3 aromatic carbocycles. The first-order chi connectivity index (χ1) is 15.9. The topological polar surface area (TPSA) is 63.7 Å². The Bertz CT molecular complexity index is 1190. The molecule has 33 heavy (non-hydrogen) atoms. The number of aryl methyl sites for hydroxylation is 1. The van der Waals surface area contributed by atoms with Gasteiger partial charge in [0.05, 0.1) is 4.90 Å². The first-order valence-corrected chi connectivity index (χ1v) is 12.6. The SMILES string of the molecule is C=CCOC(=O)C(Sc1ccccc1)N(/C=C/c1ccccc1)S(=O)(=O)c1ccc(C)cc1. The Kier molecular flexibility index (Phi) is 8.52. The van der Waals surface area contributed by atoms with E-state index in [0.717, 1.165) is 32.1 Å². The van der Waals surface area contributed by atoms with Crippen LogP contribution in [0, 0.1) is 6.92 Å². The minimum atomic E-state index is -4.08. The molecule has 1 atom stereocenters. The second kappa shape index (κ2) is 11.5. The summed E-state index contributed by atoms with van der Waals surface area (Å²) in [7, 11) is -4.08. The molecule has 0 radical (unpaired) electrons. The Morgan fingerprint density at radius 1 is 1.00 bits per heavy atom. The van der Waals surface area contributed by atoms with Gasteiger partial charge in [-0.05, 0) is 42.8 Å². The van der Waals surface area contributed by atoms with Crippen LogP contribution >= 0.6 is 11.8 Å². The minimum absolute atomic E-state index is 0.0223. The highest BCUT2D eigenvalue weighted by atomic mass is 32.2. The number of ether oxygens (including phenoxy) is 1. The van der Waals surface area contributed by atoms with Gasteiger partial charge in [0.2, 0.25) is 0 Å². The van der Waals surface area contributed by atoms with E-state index in [9.17, 15) is 13.2 Å². The van der Waals surface area contributed by atoms with Crippen LogP contribution in [0.3, 0.4) is 0 Å². The third-order valence-corrected chi connectivity index (χ3v) is 7.65. The predicted molar refractivity (Wildman–Crippen MR) is 133 cm³/mol. The summed E-state index contributed by atoms with van der Waals surface area (Å²) >= 11 is 1.10. The molecule has 0 fully saturated rings. The van der Waals surface area contributed by atoms with Crippen LogP contribution in [0.15, 0.2) is 114 Å². The third-order valence-electron chi connectivity index (χ3n) is 4.58. The molecule has 1 unspecified atom stereocenters. The van der Waals surface area contributed by atoms with Crippen LogP contribution < -0.4 is 0 Å². The van der Waals surface area contributed by atoms with Gasteiger partial charge in [0.25, 0.3) is 10.0 Å². The molecule has 3 rings (SSSR count). The van der Waals surface area contributed by atoms with Crippen LogP contribution in [-0.2, 0) is 19.6 Å². The van der Waals surface area contributed by atoms with Crippen molar-refractivity contribution in [3.63, 3.8) is 0 Å². The van der Waals surface area contributed by atoms with Crippen molar-refractivity contribution >= 4 is 33.8 Å². The number of rotatable bonds is 10. The smallest absolute Gasteiger partial charge is 0.341 e. The normalized spacial score (nSPS) is 12.3. The van der Waals surface area contributed by atoms with Gasteiger partial charge < -0.3 is 4.74 Å². The highest BCUT2D eigenvalue weighted by molar-refractivity contribution is 8.01. The Morgan fingerprint density at radius 2 is 1.61 bits per heavy atom. The van der Waals surface area contributed by atoms with Gasteiger partial charge in [0.15, 0.2) is 5.37 Å². The summed E-state index contributed by atoms with van der Waals surface area (Å²) in [6.07, 6.45) is 4.52. The second-order valence-corrected chi connectivity index (χ2v) is 10.1. The van der Waals surface area contributed by atoms with E-state index in [0.29, 0.717) is 0 Å². The van der Waals surface area contributed by atoms with Crippen molar-refractivity contribution in [3.8, 4) is 0 Å². The molecule has 7 heteroatoms. The number of nitrogens with zero attached hydrogens (tertiary/aromatic N) is 1. The van der Waals surface area contributed by atoms with Gasteiger partial charge in [0.1, 0.15) is 6.61 Å². The van der Waals surface area contributed by atoms with Crippen LogP contribution in [0.2, 0.25) is 0 Å². The molecule has 0 aliphatic heterocycles. The van der Waals surface area contributed by atoms with Gasteiger partial charge >= 0.3 is 5.97 Å². The minimum Gasteiger partial charge on any atom is -0.459 e. The molecule has 0 aromatic heterocycles. The average molecular weight is 480 g/mol. The van der Waals surface area contributed by atoms with E-state index in [4.69, 9.17) is 4.74 Å². The lowest BCUT2D eigenvalue weighted by atomic mass is 10.2. The zero-order valence-corrected chi connectivity index (χ0v) is 19.8. The Labute approximate surface area is 199 Å². The van der Waals surface area contributed by atoms with Crippen LogP contribution in [0.4, 0.5) is 0 Å². The summed E-state index contributed by atoms with van der Waals surface area (Å²) in [4.78, 5) is 13.9. The molecule has 0 saturated carbocycles. The molecule has 5 nitrogen and oxygen atoms in total. The van der Waals surface area contributed by atoms with E-state index < -0.39 is 21.4 Å². The second-order valence-electron chi connectivity index (χ2n) is 7.08. The van der Waals surface area contributed by atoms with Crippen molar-refractivity contribution in [1.82, 2.24) is 4.31 Å². The molecule has 0 aliphatic carbocycles. The number of hydrogen-bond donors (Lipinski definition) is 0. The molecule has 0 N–H and O–H groups in total. The monoisotopic (exact) mass is 479 g/mol. The Morgan fingerprint density at radius 3 is 2.21 bits per heavy atom. The maximum Gasteiger partial charge on any atom is 0.341 e. The van der Waals surface area contributed by atoms with Crippen molar-refractivity contribution in [2.24, 2.45) is 0 Å². The van der Waals surface area contributed by atoms with Gasteiger partial charge in [-0.3, -0.25) is 0 Å². The first-order valence-electron chi connectivity index (χ1n) is 10.2. The fraction of sp³-hybridized carbons (Fsp3) is 0.115. The van der Waals surface area contributed by atoms with Crippen LogP contribution in [0.5, 0.6) is 0 Å². The van der Waals surface area contributed by atoms with Gasteiger partial charge in [-0.25, -0.2) is 17.5 Å². The quantitative estimate of drug-likeness (QED) is 0.166. The Hall–Kier alpha value is -3.29. The van der Waals surface area contributed by atoms with Gasteiger partial charge in [-0.15, -0.1) is 0 Å². The van der Waals surface area contributed by atoms with Crippen molar-refractivity contribution in [2.45, 2.75) is 22.1 Å². The van der Waals surface area contributed by atoms with E-state index in [1.165, 1.54) is 24.4 Å².